The molecule has 0 radical (unpaired) electrons. The van der Waals surface area contributed by atoms with Crippen LogP contribution in [0.4, 0.5) is 4.39 Å². The zero-order valence-electron chi connectivity index (χ0n) is 11.5. The van der Waals surface area contributed by atoms with Gasteiger partial charge in [-0.25, -0.2) is 4.39 Å². The highest BCUT2D eigenvalue weighted by molar-refractivity contribution is 7.80. The first-order chi connectivity index (χ1) is 9.70. The van der Waals surface area contributed by atoms with Crippen LogP contribution < -0.4 is 5.32 Å². The lowest BCUT2D eigenvalue weighted by Crippen LogP contribution is -2.51. The fourth-order valence-corrected chi connectivity index (χ4v) is 2.85. The average Bonchev–Trinajstić information content (AvgIpc) is 3.23. The number of rotatable bonds is 3. The molecule has 0 aromatic heterocycles. The van der Waals surface area contributed by atoms with Crippen LogP contribution in [0.5, 0.6) is 0 Å². The molecule has 2 aliphatic rings. The molecule has 1 heterocycles. The van der Waals surface area contributed by atoms with E-state index in [1.807, 2.05) is 6.07 Å². The van der Waals surface area contributed by atoms with Gasteiger partial charge in [-0.1, -0.05) is 12.1 Å². The van der Waals surface area contributed by atoms with Gasteiger partial charge in [0.1, 0.15) is 5.82 Å². The van der Waals surface area contributed by atoms with Crippen molar-refractivity contribution in [2.75, 3.05) is 26.2 Å². The number of benzene rings is 1. The van der Waals surface area contributed by atoms with Crippen molar-refractivity contribution >= 4 is 17.3 Å². The molecular formula is C15H20FN3S. The minimum atomic E-state index is -0.157. The maximum Gasteiger partial charge on any atom is 0.169 e. The van der Waals surface area contributed by atoms with Crippen LogP contribution in [-0.4, -0.2) is 47.1 Å². The summed E-state index contributed by atoms with van der Waals surface area (Å²) in [4.78, 5) is 4.60. The Balaban J connectivity index is 1.47. The summed E-state index contributed by atoms with van der Waals surface area (Å²) in [6.45, 7) is 4.67. The third-order valence-electron chi connectivity index (χ3n) is 3.86. The van der Waals surface area contributed by atoms with Crippen molar-refractivity contribution in [1.29, 1.82) is 0 Å². The molecule has 1 aromatic rings. The van der Waals surface area contributed by atoms with Gasteiger partial charge >= 0.3 is 0 Å². The standard InChI is InChI=1S/C15H20FN3S/c16-13-3-1-2-12(10-13)11-18-6-8-19(9-7-18)15(20)17-14-4-5-14/h1-3,10,14H,4-9,11H2,(H,17,20). The second-order valence-electron chi connectivity index (χ2n) is 5.62. The predicted octanol–water partition coefficient (Wildman–Crippen LogP) is 1.98. The molecule has 5 heteroatoms. The Bertz CT molecular complexity index is 482. The maximum atomic E-state index is 13.2. The quantitative estimate of drug-likeness (QED) is 0.859. The van der Waals surface area contributed by atoms with Crippen molar-refractivity contribution in [3.8, 4) is 0 Å². The van der Waals surface area contributed by atoms with Crippen molar-refractivity contribution in [2.45, 2.75) is 25.4 Å². The molecule has 1 saturated carbocycles. The molecule has 0 spiro atoms. The number of hydrogen-bond donors (Lipinski definition) is 1. The van der Waals surface area contributed by atoms with Crippen molar-refractivity contribution in [3.05, 3.63) is 35.6 Å². The van der Waals surface area contributed by atoms with Crippen LogP contribution in [0.15, 0.2) is 24.3 Å². The molecule has 1 aromatic carbocycles. The third-order valence-corrected chi connectivity index (χ3v) is 4.24. The molecule has 2 fully saturated rings. The second-order valence-corrected chi connectivity index (χ2v) is 6.00. The van der Waals surface area contributed by atoms with E-state index >= 15 is 0 Å². The fourth-order valence-electron chi connectivity index (χ4n) is 2.50. The lowest BCUT2D eigenvalue weighted by molar-refractivity contribution is 0.174. The maximum absolute atomic E-state index is 13.2. The van der Waals surface area contributed by atoms with E-state index in [1.165, 1.54) is 18.9 Å². The Kier molecular flexibility index (Phi) is 4.17. The number of halogens is 1. The minimum Gasteiger partial charge on any atom is -0.360 e. The molecule has 0 amide bonds. The van der Waals surface area contributed by atoms with Gasteiger partial charge in [0, 0.05) is 38.8 Å². The van der Waals surface area contributed by atoms with Crippen molar-refractivity contribution in [2.24, 2.45) is 0 Å². The number of nitrogens with zero attached hydrogens (tertiary/aromatic N) is 2. The highest BCUT2D eigenvalue weighted by Gasteiger charge is 2.25. The van der Waals surface area contributed by atoms with E-state index in [0.717, 1.165) is 43.4 Å². The number of piperazine rings is 1. The summed E-state index contributed by atoms with van der Waals surface area (Å²) in [5.41, 5.74) is 1.04. The lowest BCUT2D eigenvalue weighted by atomic mass is 10.2. The summed E-state index contributed by atoms with van der Waals surface area (Å²) < 4.78 is 13.2. The van der Waals surface area contributed by atoms with E-state index in [0.29, 0.717) is 6.04 Å². The lowest BCUT2D eigenvalue weighted by Gasteiger charge is -2.36. The Morgan fingerprint density at radius 3 is 2.65 bits per heavy atom. The zero-order valence-corrected chi connectivity index (χ0v) is 12.3. The largest absolute Gasteiger partial charge is 0.360 e. The minimum absolute atomic E-state index is 0.157. The van der Waals surface area contributed by atoms with E-state index in [2.05, 4.69) is 15.1 Å². The van der Waals surface area contributed by atoms with Gasteiger partial charge in [-0.3, -0.25) is 4.90 Å². The Labute approximate surface area is 124 Å². The van der Waals surface area contributed by atoms with E-state index in [9.17, 15) is 4.39 Å². The summed E-state index contributed by atoms with van der Waals surface area (Å²) in [5.74, 6) is -0.157. The predicted molar refractivity (Wildman–Crippen MR) is 82.0 cm³/mol. The summed E-state index contributed by atoms with van der Waals surface area (Å²) >= 11 is 5.42. The monoisotopic (exact) mass is 293 g/mol. The number of nitrogens with one attached hydrogen (secondary N) is 1. The van der Waals surface area contributed by atoms with Crippen LogP contribution in [0.25, 0.3) is 0 Å². The van der Waals surface area contributed by atoms with E-state index in [4.69, 9.17) is 12.2 Å². The molecule has 108 valence electrons. The normalized spacial score (nSPS) is 19.9. The highest BCUT2D eigenvalue weighted by Crippen LogP contribution is 2.19. The van der Waals surface area contributed by atoms with E-state index in [-0.39, 0.29) is 5.82 Å². The van der Waals surface area contributed by atoms with E-state index in [1.54, 1.807) is 12.1 Å². The third kappa shape index (κ3) is 3.67. The first-order valence-corrected chi connectivity index (χ1v) is 7.64. The van der Waals surface area contributed by atoms with Crippen LogP contribution in [-0.2, 0) is 6.54 Å². The van der Waals surface area contributed by atoms with E-state index < -0.39 is 0 Å². The van der Waals surface area contributed by atoms with Gasteiger partial charge in [-0.15, -0.1) is 0 Å². The smallest absolute Gasteiger partial charge is 0.169 e. The average molecular weight is 293 g/mol. The van der Waals surface area contributed by atoms with Gasteiger partial charge in [0.2, 0.25) is 0 Å². The molecule has 0 atom stereocenters. The SMILES string of the molecule is Fc1cccc(CN2CCN(C(=S)NC3CC3)CC2)c1. The molecule has 3 nitrogen and oxygen atoms in total. The van der Waals surface area contributed by atoms with Gasteiger partial charge in [0.15, 0.2) is 5.11 Å². The molecule has 0 bridgehead atoms. The molecule has 3 rings (SSSR count). The first kappa shape index (κ1) is 13.8. The zero-order chi connectivity index (χ0) is 13.9. The molecule has 1 aliphatic carbocycles. The highest BCUT2D eigenvalue weighted by atomic mass is 32.1. The topological polar surface area (TPSA) is 18.5 Å². The van der Waals surface area contributed by atoms with Crippen molar-refractivity contribution < 1.29 is 4.39 Å². The Morgan fingerprint density at radius 2 is 2.00 bits per heavy atom. The molecule has 0 unspecified atom stereocenters. The van der Waals surface area contributed by atoms with Gasteiger partial charge in [0.05, 0.1) is 0 Å². The first-order valence-electron chi connectivity index (χ1n) is 7.23. The molecule has 20 heavy (non-hydrogen) atoms. The van der Waals surface area contributed by atoms with Crippen LogP contribution >= 0.6 is 12.2 Å². The summed E-state index contributed by atoms with van der Waals surface area (Å²) in [6.07, 6.45) is 2.50. The number of hydrogen-bond acceptors (Lipinski definition) is 2. The Hall–Kier alpha value is -1.20. The van der Waals surface area contributed by atoms with Gasteiger partial charge < -0.3 is 10.2 Å². The number of thiocarbonyl (C=S) groups is 1. The van der Waals surface area contributed by atoms with Gasteiger partial charge in [0.25, 0.3) is 0 Å². The molecule has 1 saturated heterocycles. The van der Waals surface area contributed by atoms with Crippen molar-refractivity contribution in [3.63, 3.8) is 0 Å². The fraction of sp³-hybridized carbons (Fsp3) is 0.533. The van der Waals surface area contributed by atoms with Crippen LogP contribution in [0.1, 0.15) is 18.4 Å². The second kappa shape index (κ2) is 6.06. The Morgan fingerprint density at radius 1 is 1.25 bits per heavy atom. The molecule has 1 aliphatic heterocycles. The van der Waals surface area contributed by atoms with Gasteiger partial charge in [-0.05, 0) is 42.8 Å². The summed E-state index contributed by atoms with van der Waals surface area (Å²) in [5, 5.41) is 4.29. The molecule has 1 N–H and O–H groups in total. The summed E-state index contributed by atoms with van der Waals surface area (Å²) in [7, 11) is 0. The summed E-state index contributed by atoms with van der Waals surface area (Å²) in [6, 6.07) is 7.48. The van der Waals surface area contributed by atoms with Crippen LogP contribution in [0.3, 0.4) is 0 Å². The van der Waals surface area contributed by atoms with Crippen LogP contribution in [0, 0.1) is 5.82 Å². The van der Waals surface area contributed by atoms with Gasteiger partial charge in [-0.2, -0.15) is 0 Å². The van der Waals surface area contributed by atoms with Crippen molar-refractivity contribution in [1.82, 2.24) is 15.1 Å². The van der Waals surface area contributed by atoms with Crippen LogP contribution in [0.2, 0.25) is 0 Å². The molecular weight excluding hydrogens is 273 g/mol.